The van der Waals surface area contributed by atoms with Crippen LogP contribution in [0.25, 0.3) is 11.2 Å². The second-order valence-corrected chi connectivity index (χ2v) is 3.82. The van der Waals surface area contributed by atoms with E-state index < -0.39 is 0 Å². The number of ketones is 1. The first-order valence-corrected chi connectivity index (χ1v) is 5.38. The minimum absolute atomic E-state index is 0.0110. The third-order valence-electron chi connectivity index (χ3n) is 2.54. The number of nitrogens with zero attached hydrogens (tertiary/aromatic N) is 4. The zero-order valence-corrected chi connectivity index (χ0v) is 9.66. The molecule has 0 bridgehead atoms. The minimum atomic E-state index is -0.302. The van der Waals surface area contributed by atoms with E-state index in [0.717, 1.165) is 0 Å². The molecule has 0 atom stereocenters. The molecule has 8 nitrogen and oxygen atoms in total. The summed E-state index contributed by atoms with van der Waals surface area (Å²) in [6.45, 7) is 0. The molecule has 5 N–H and O–H groups in total. The van der Waals surface area contributed by atoms with Crippen LogP contribution in [0.15, 0.2) is 24.5 Å². The second-order valence-electron chi connectivity index (χ2n) is 3.82. The summed E-state index contributed by atoms with van der Waals surface area (Å²) in [5.41, 5.74) is 12.2. The fourth-order valence-electron chi connectivity index (χ4n) is 1.68. The molecule has 0 fully saturated rings. The topological polar surface area (TPSA) is 136 Å². The van der Waals surface area contributed by atoms with Crippen LogP contribution >= 0.6 is 0 Å². The Morgan fingerprint density at radius 2 is 2.05 bits per heavy atom. The first-order chi connectivity index (χ1) is 9.15. The van der Waals surface area contributed by atoms with Crippen LogP contribution in [0.2, 0.25) is 0 Å². The number of hydrogen-bond acceptors (Lipinski definition) is 7. The Labute approximate surface area is 106 Å². The summed E-state index contributed by atoms with van der Waals surface area (Å²) < 4.78 is 0. The zero-order chi connectivity index (χ0) is 13.4. The van der Waals surface area contributed by atoms with Crippen molar-refractivity contribution >= 4 is 28.7 Å². The monoisotopic (exact) mass is 255 g/mol. The third-order valence-corrected chi connectivity index (χ3v) is 2.54. The Bertz CT molecular complexity index is 765. The first kappa shape index (κ1) is 11.1. The van der Waals surface area contributed by atoms with Crippen LogP contribution < -0.4 is 11.5 Å². The van der Waals surface area contributed by atoms with Crippen LogP contribution in [-0.4, -0.2) is 30.7 Å². The predicted octanol–water partition coefficient (Wildman–Crippen LogP) is 0.143. The molecule has 0 aliphatic carbocycles. The number of H-pyrrole nitrogens is 1. The van der Waals surface area contributed by atoms with E-state index >= 15 is 0 Å². The lowest BCUT2D eigenvalue weighted by Gasteiger charge is -1.95. The molecular weight excluding hydrogens is 246 g/mol. The fraction of sp³-hybridized carbons (Fsp3) is 0. The number of anilines is 2. The minimum Gasteiger partial charge on any atom is -0.382 e. The molecule has 0 unspecified atom stereocenters. The third kappa shape index (κ3) is 1.84. The molecule has 0 spiro atoms. The number of hydrogen-bond donors (Lipinski definition) is 3. The van der Waals surface area contributed by atoms with E-state index in [9.17, 15) is 4.79 Å². The van der Waals surface area contributed by atoms with Gasteiger partial charge in [-0.1, -0.05) is 0 Å². The van der Waals surface area contributed by atoms with Crippen molar-refractivity contribution in [3.05, 3.63) is 35.9 Å². The van der Waals surface area contributed by atoms with Gasteiger partial charge in [0.2, 0.25) is 11.7 Å². The number of nitrogens with one attached hydrogen (secondary N) is 1. The summed E-state index contributed by atoms with van der Waals surface area (Å²) >= 11 is 0. The summed E-state index contributed by atoms with van der Waals surface area (Å²) in [5, 5.41) is 0. The molecule has 94 valence electrons. The summed E-state index contributed by atoms with van der Waals surface area (Å²) in [5.74, 6) is -0.0178. The Morgan fingerprint density at radius 1 is 1.21 bits per heavy atom. The summed E-state index contributed by atoms with van der Waals surface area (Å²) in [6, 6.07) is 3.31. The molecule has 3 heterocycles. The fourth-order valence-corrected chi connectivity index (χ4v) is 1.68. The van der Waals surface area contributed by atoms with E-state index in [4.69, 9.17) is 11.5 Å². The zero-order valence-electron chi connectivity index (χ0n) is 9.66. The van der Waals surface area contributed by atoms with E-state index in [1.54, 1.807) is 18.3 Å². The van der Waals surface area contributed by atoms with Crippen LogP contribution in [0.4, 0.5) is 11.8 Å². The molecule has 3 aromatic heterocycles. The molecular formula is C11H9N7O. The van der Waals surface area contributed by atoms with Crippen LogP contribution in [0.5, 0.6) is 0 Å². The molecule has 0 radical (unpaired) electrons. The molecule has 3 aromatic rings. The normalized spacial score (nSPS) is 10.7. The van der Waals surface area contributed by atoms with Crippen LogP contribution in [-0.2, 0) is 0 Å². The van der Waals surface area contributed by atoms with Crippen molar-refractivity contribution in [1.82, 2.24) is 24.9 Å². The van der Waals surface area contributed by atoms with Crippen molar-refractivity contribution in [2.24, 2.45) is 0 Å². The smallest absolute Gasteiger partial charge is 0.229 e. The Hall–Kier alpha value is -3.03. The number of imidazole rings is 1. The van der Waals surface area contributed by atoms with Gasteiger partial charge in [0.05, 0.1) is 0 Å². The van der Waals surface area contributed by atoms with E-state index in [1.165, 1.54) is 6.20 Å². The lowest BCUT2D eigenvalue weighted by Crippen LogP contribution is -2.03. The molecule has 8 heteroatoms. The molecule has 0 amide bonds. The highest BCUT2D eigenvalue weighted by Gasteiger charge is 2.16. The first-order valence-electron chi connectivity index (χ1n) is 5.38. The standard InChI is InChI=1S/C11H9N7O/c12-8-6-9(18-11(13)16-8)17-10(15-6)7(19)5-2-1-3-14-4-5/h1-4H,(H5,12,13,15,16,17,18). The maximum Gasteiger partial charge on any atom is 0.229 e. The van der Waals surface area contributed by atoms with Gasteiger partial charge in [0.1, 0.15) is 5.52 Å². The molecule has 3 rings (SSSR count). The number of nitrogens with two attached hydrogens (primary N) is 2. The van der Waals surface area contributed by atoms with Gasteiger partial charge >= 0.3 is 0 Å². The summed E-state index contributed by atoms with van der Waals surface area (Å²) in [6.07, 6.45) is 3.04. The SMILES string of the molecule is Nc1nc(N)c2[nH]c(C(=O)c3cccnc3)nc2n1. The number of aromatic amines is 1. The molecule has 0 saturated heterocycles. The van der Waals surface area contributed by atoms with Gasteiger partial charge in [-0.05, 0) is 12.1 Å². The molecule has 0 aliphatic heterocycles. The van der Waals surface area contributed by atoms with E-state index in [2.05, 4.69) is 24.9 Å². The van der Waals surface area contributed by atoms with Gasteiger partial charge in [-0.15, -0.1) is 0 Å². The number of nitrogen functional groups attached to an aromatic ring is 2. The van der Waals surface area contributed by atoms with Gasteiger partial charge in [-0.2, -0.15) is 9.97 Å². The average Bonchev–Trinajstić information content (AvgIpc) is 2.83. The Balaban J connectivity index is 2.12. The van der Waals surface area contributed by atoms with E-state index in [-0.39, 0.29) is 29.0 Å². The summed E-state index contributed by atoms with van der Waals surface area (Å²) in [4.78, 5) is 30.6. The van der Waals surface area contributed by atoms with Gasteiger partial charge in [-0.3, -0.25) is 9.78 Å². The quantitative estimate of drug-likeness (QED) is 0.554. The number of aromatic nitrogens is 5. The van der Waals surface area contributed by atoms with Crippen LogP contribution in [0.3, 0.4) is 0 Å². The Morgan fingerprint density at radius 3 is 2.79 bits per heavy atom. The largest absolute Gasteiger partial charge is 0.382 e. The number of carbonyl (C=O) groups excluding carboxylic acids is 1. The summed E-state index contributed by atoms with van der Waals surface area (Å²) in [7, 11) is 0. The van der Waals surface area contributed by atoms with Gasteiger partial charge in [0.25, 0.3) is 0 Å². The van der Waals surface area contributed by atoms with Crippen molar-refractivity contribution in [3.63, 3.8) is 0 Å². The molecule has 0 aliphatic rings. The van der Waals surface area contributed by atoms with Crippen molar-refractivity contribution in [2.75, 3.05) is 11.5 Å². The van der Waals surface area contributed by atoms with Crippen LogP contribution in [0.1, 0.15) is 16.2 Å². The van der Waals surface area contributed by atoms with Crippen LogP contribution in [0, 0.1) is 0 Å². The van der Waals surface area contributed by atoms with Gasteiger partial charge in [0.15, 0.2) is 17.3 Å². The predicted molar refractivity (Wildman–Crippen MR) is 68.2 cm³/mol. The maximum absolute atomic E-state index is 12.2. The number of fused-ring (bicyclic) bond motifs is 1. The molecule has 0 aromatic carbocycles. The lowest BCUT2D eigenvalue weighted by atomic mass is 10.2. The van der Waals surface area contributed by atoms with Crippen molar-refractivity contribution in [2.45, 2.75) is 0 Å². The van der Waals surface area contributed by atoms with Crippen molar-refractivity contribution in [3.8, 4) is 0 Å². The maximum atomic E-state index is 12.2. The van der Waals surface area contributed by atoms with E-state index in [1.807, 2.05) is 0 Å². The molecule has 19 heavy (non-hydrogen) atoms. The molecule has 0 saturated carbocycles. The highest BCUT2D eigenvalue weighted by atomic mass is 16.1. The average molecular weight is 255 g/mol. The van der Waals surface area contributed by atoms with Crippen molar-refractivity contribution < 1.29 is 4.79 Å². The number of rotatable bonds is 2. The van der Waals surface area contributed by atoms with Gasteiger partial charge < -0.3 is 16.5 Å². The van der Waals surface area contributed by atoms with E-state index in [0.29, 0.717) is 11.1 Å². The van der Waals surface area contributed by atoms with Gasteiger partial charge in [-0.25, -0.2) is 4.98 Å². The van der Waals surface area contributed by atoms with Crippen molar-refractivity contribution in [1.29, 1.82) is 0 Å². The highest BCUT2D eigenvalue weighted by Crippen LogP contribution is 2.17. The Kier molecular flexibility index (Phi) is 2.34. The second kappa shape index (κ2) is 4.02. The van der Waals surface area contributed by atoms with Gasteiger partial charge in [0, 0.05) is 18.0 Å². The number of pyridine rings is 1. The number of carbonyl (C=O) groups is 1. The lowest BCUT2D eigenvalue weighted by molar-refractivity contribution is 0.103. The highest BCUT2D eigenvalue weighted by molar-refractivity contribution is 6.08.